The lowest BCUT2D eigenvalue weighted by Crippen LogP contribution is -2.15. The number of benzene rings is 1. The van der Waals surface area contributed by atoms with Crippen molar-refractivity contribution in [2.45, 2.75) is 20.8 Å². The molecule has 0 heterocycles. The van der Waals surface area contributed by atoms with Gasteiger partial charge in [0.2, 0.25) is 0 Å². The molecule has 0 saturated carbocycles. The zero-order chi connectivity index (χ0) is 11.4. The summed E-state index contributed by atoms with van der Waals surface area (Å²) in [6.07, 6.45) is 0. The molecule has 3 heteroatoms. The highest BCUT2D eigenvalue weighted by molar-refractivity contribution is 5.73. The predicted molar refractivity (Wildman–Crippen MR) is 59.3 cm³/mol. The second-order valence-corrected chi connectivity index (χ2v) is 3.64. The molecule has 15 heavy (non-hydrogen) atoms. The molecule has 0 unspecified atom stereocenters. The van der Waals surface area contributed by atoms with E-state index >= 15 is 0 Å². The van der Waals surface area contributed by atoms with Gasteiger partial charge in [0, 0.05) is 0 Å². The molecule has 0 spiro atoms. The maximum Gasteiger partial charge on any atom is 0.327 e. The molecule has 1 rings (SSSR count). The van der Waals surface area contributed by atoms with Gasteiger partial charge in [0.15, 0.2) is 0 Å². The number of nitrogens with zero attached hydrogens (tertiary/aromatic N) is 1. The standard InChI is InChI=1S/C12H16NO2/c1-8-5-9(2)12(10(3)6-8)13-7-11(14)15-4/h5-6H,7H2,1-4H3. The van der Waals surface area contributed by atoms with Crippen molar-refractivity contribution in [1.82, 2.24) is 5.32 Å². The summed E-state index contributed by atoms with van der Waals surface area (Å²) in [6.45, 7) is 6.12. The van der Waals surface area contributed by atoms with E-state index in [1.165, 1.54) is 12.7 Å². The number of methoxy groups -OCH3 is 1. The zero-order valence-corrected chi connectivity index (χ0v) is 9.63. The van der Waals surface area contributed by atoms with Crippen LogP contribution in [-0.4, -0.2) is 19.6 Å². The molecule has 0 bridgehead atoms. The molecule has 0 aliphatic heterocycles. The normalized spacial score (nSPS) is 9.87. The van der Waals surface area contributed by atoms with Gasteiger partial charge in [0.1, 0.15) is 6.54 Å². The molecule has 1 aromatic rings. The van der Waals surface area contributed by atoms with Crippen LogP contribution in [0, 0.1) is 20.8 Å². The fraction of sp³-hybridized carbons (Fsp3) is 0.417. The first-order chi connectivity index (χ1) is 7.04. The van der Waals surface area contributed by atoms with Crippen LogP contribution >= 0.6 is 0 Å². The highest BCUT2D eigenvalue weighted by Gasteiger charge is 2.07. The first-order valence-electron chi connectivity index (χ1n) is 4.86. The molecule has 0 aliphatic rings. The van der Waals surface area contributed by atoms with Gasteiger partial charge in [-0.15, -0.1) is 0 Å². The Kier molecular flexibility index (Phi) is 3.72. The average molecular weight is 206 g/mol. The van der Waals surface area contributed by atoms with E-state index in [4.69, 9.17) is 0 Å². The van der Waals surface area contributed by atoms with E-state index in [0.717, 1.165) is 16.8 Å². The van der Waals surface area contributed by atoms with Gasteiger partial charge in [-0.3, -0.25) is 10.1 Å². The van der Waals surface area contributed by atoms with Gasteiger partial charge in [0.05, 0.1) is 12.8 Å². The number of rotatable bonds is 3. The topological polar surface area (TPSA) is 40.4 Å². The van der Waals surface area contributed by atoms with Crippen LogP contribution in [0.5, 0.6) is 0 Å². The van der Waals surface area contributed by atoms with Gasteiger partial charge in [0.25, 0.3) is 0 Å². The monoisotopic (exact) mass is 206 g/mol. The van der Waals surface area contributed by atoms with Crippen molar-refractivity contribution in [2.24, 2.45) is 0 Å². The van der Waals surface area contributed by atoms with Crippen LogP contribution in [0.25, 0.3) is 0 Å². The Morgan fingerprint density at radius 3 is 2.27 bits per heavy atom. The third-order valence-electron chi connectivity index (χ3n) is 2.23. The van der Waals surface area contributed by atoms with Crippen molar-refractivity contribution in [3.63, 3.8) is 0 Å². The van der Waals surface area contributed by atoms with Gasteiger partial charge >= 0.3 is 5.97 Å². The van der Waals surface area contributed by atoms with Gasteiger partial charge in [-0.2, -0.15) is 0 Å². The molecule has 0 aromatic heterocycles. The van der Waals surface area contributed by atoms with E-state index in [0.29, 0.717) is 0 Å². The zero-order valence-electron chi connectivity index (χ0n) is 9.63. The maximum absolute atomic E-state index is 11.0. The summed E-state index contributed by atoms with van der Waals surface area (Å²) in [4.78, 5) is 11.0. The average Bonchev–Trinajstić information content (AvgIpc) is 2.15. The van der Waals surface area contributed by atoms with Crippen LogP contribution in [0.15, 0.2) is 12.1 Å². The summed E-state index contributed by atoms with van der Waals surface area (Å²) < 4.78 is 4.54. The molecule has 81 valence electrons. The van der Waals surface area contributed by atoms with E-state index in [1.54, 1.807) is 0 Å². The molecule has 3 nitrogen and oxygen atoms in total. The highest BCUT2D eigenvalue weighted by atomic mass is 16.5. The van der Waals surface area contributed by atoms with E-state index in [2.05, 4.69) is 22.2 Å². The van der Waals surface area contributed by atoms with Crippen LogP contribution in [0.1, 0.15) is 16.7 Å². The fourth-order valence-corrected chi connectivity index (χ4v) is 1.63. The summed E-state index contributed by atoms with van der Waals surface area (Å²) >= 11 is 0. The molecule has 0 N–H and O–H groups in total. The summed E-state index contributed by atoms with van der Waals surface area (Å²) in [5.41, 5.74) is 4.29. The molecule has 0 amide bonds. The molecule has 0 saturated heterocycles. The van der Waals surface area contributed by atoms with E-state index < -0.39 is 0 Å². The van der Waals surface area contributed by atoms with Gasteiger partial charge in [-0.1, -0.05) is 17.7 Å². The van der Waals surface area contributed by atoms with Crippen LogP contribution in [-0.2, 0) is 9.53 Å². The van der Waals surface area contributed by atoms with Gasteiger partial charge in [-0.25, -0.2) is 0 Å². The number of carbonyl (C=O) groups is 1. The van der Waals surface area contributed by atoms with E-state index in [1.807, 2.05) is 20.8 Å². The van der Waals surface area contributed by atoms with Crippen molar-refractivity contribution in [3.05, 3.63) is 28.8 Å². The van der Waals surface area contributed by atoms with Crippen LogP contribution < -0.4 is 5.32 Å². The molecule has 0 aliphatic carbocycles. The Labute approximate surface area is 90.4 Å². The third-order valence-corrected chi connectivity index (χ3v) is 2.23. The lowest BCUT2D eigenvalue weighted by molar-refractivity contribution is -0.139. The van der Waals surface area contributed by atoms with Crippen LogP contribution in [0.2, 0.25) is 0 Å². The van der Waals surface area contributed by atoms with Crippen LogP contribution in [0.3, 0.4) is 0 Å². The second-order valence-electron chi connectivity index (χ2n) is 3.64. The van der Waals surface area contributed by atoms with Crippen molar-refractivity contribution in [3.8, 4) is 0 Å². The summed E-state index contributed by atoms with van der Waals surface area (Å²) in [7, 11) is 1.37. The van der Waals surface area contributed by atoms with Crippen LogP contribution in [0.4, 0.5) is 5.69 Å². The summed E-state index contributed by atoms with van der Waals surface area (Å²) in [6, 6.07) is 4.12. The molecule has 1 aromatic carbocycles. The number of ether oxygens (including phenoxy) is 1. The largest absolute Gasteiger partial charge is 0.468 e. The SMILES string of the molecule is COC(=O)C[N]c1c(C)cc(C)cc1C. The first kappa shape index (κ1) is 11.6. The minimum absolute atomic E-state index is 0.0846. The number of hydrogen-bond donors (Lipinski definition) is 0. The number of esters is 1. The maximum atomic E-state index is 11.0. The van der Waals surface area contributed by atoms with Crippen molar-refractivity contribution >= 4 is 11.7 Å². The minimum Gasteiger partial charge on any atom is -0.468 e. The van der Waals surface area contributed by atoms with Gasteiger partial charge < -0.3 is 4.74 Å². The van der Waals surface area contributed by atoms with Crippen molar-refractivity contribution in [2.75, 3.05) is 13.7 Å². The number of aryl methyl sites for hydroxylation is 3. The van der Waals surface area contributed by atoms with Crippen molar-refractivity contribution < 1.29 is 9.53 Å². The molecule has 0 atom stereocenters. The highest BCUT2D eigenvalue weighted by Crippen LogP contribution is 2.21. The lowest BCUT2D eigenvalue weighted by Gasteiger charge is -2.10. The molecule has 0 fully saturated rings. The quantitative estimate of drug-likeness (QED) is 0.710. The lowest BCUT2D eigenvalue weighted by atomic mass is 10.1. The van der Waals surface area contributed by atoms with Crippen molar-refractivity contribution in [1.29, 1.82) is 0 Å². The Bertz CT molecular complexity index is 349. The molecular weight excluding hydrogens is 190 g/mol. The number of carbonyl (C=O) groups excluding carboxylic acids is 1. The second kappa shape index (κ2) is 4.82. The minimum atomic E-state index is -0.311. The Balaban J connectivity index is 2.81. The number of hydrogen-bond acceptors (Lipinski definition) is 2. The fourth-order valence-electron chi connectivity index (χ4n) is 1.63. The molecule has 1 radical (unpaired) electrons. The summed E-state index contributed by atoms with van der Waals surface area (Å²) in [5, 5.41) is 4.24. The van der Waals surface area contributed by atoms with Gasteiger partial charge in [-0.05, 0) is 31.9 Å². The predicted octanol–water partition coefficient (Wildman–Crippen LogP) is 2.02. The Morgan fingerprint density at radius 1 is 1.27 bits per heavy atom. The summed E-state index contributed by atoms with van der Waals surface area (Å²) in [5.74, 6) is -0.311. The Morgan fingerprint density at radius 2 is 1.80 bits per heavy atom. The smallest absolute Gasteiger partial charge is 0.327 e. The third kappa shape index (κ3) is 2.98. The molecular formula is C12H16NO2. The van der Waals surface area contributed by atoms with E-state index in [9.17, 15) is 4.79 Å². The first-order valence-corrected chi connectivity index (χ1v) is 4.86. The van der Waals surface area contributed by atoms with E-state index in [-0.39, 0.29) is 12.5 Å². The Hall–Kier alpha value is -1.51.